The second kappa shape index (κ2) is 3.76. The summed E-state index contributed by atoms with van der Waals surface area (Å²) in [5.74, 6) is -2.24. The molecular weight excluding hydrogens is 237 g/mol. The van der Waals surface area contributed by atoms with Gasteiger partial charge in [0.1, 0.15) is 0 Å². The number of aromatic nitrogens is 2. The van der Waals surface area contributed by atoms with Gasteiger partial charge in [0.05, 0.1) is 17.5 Å². The molecule has 0 bridgehead atoms. The Labute approximate surface area is 93.1 Å². The minimum absolute atomic E-state index is 0.0437. The summed E-state index contributed by atoms with van der Waals surface area (Å²) in [4.78, 5) is 16.1. The van der Waals surface area contributed by atoms with Gasteiger partial charge in [-0.2, -0.15) is 13.2 Å². The van der Waals surface area contributed by atoms with Crippen molar-refractivity contribution in [3.05, 3.63) is 29.6 Å². The molecular formula is C10H7F3N2O2. The van der Waals surface area contributed by atoms with Crippen molar-refractivity contribution in [2.75, 3.05) is 0 Å². The number of fused-ring (bicyclic) bond motifs is 1. The van der Waals surface area contributed by atoms with Gasteiger partial charge in [0, 0.05) is 0 Å². The molecule has 0 fully saturated rings. The van der Waals surface area contributed by atoms with Crippen molar-refractivity contribution in [1.29, 1.82) is 0 Å². The van der Waals surface area contributed by atoms with Crippen molar-refractivity contribution in [2.45, 2.75) is 12.6 Å². The van der Waals surface area contributed by atoms with Crippen molar-refractivity contribution < 1.29 is 23.1 Å². The van der Waals surface area contributed by atoms with Crippen LogP contribution in [0.1, 0.15) is 11.4 Å². The highest BCUT2D eigenvalue weighted by Crippen LogP contribution is 2.29. The van der Waals surface area contributed by atoms with E-state index in [2.05, 4.69) is 9.97 Å². The van der Waals surface area contributed by atoms with Gasteiger partial charge in [-0.1, -0.05) is 12.1 Å². The lowest BCUT2D eigenvalue weighted by Gasteiger charge is -1.99. The van der Waals surface area contributed by atoms with Gasteiger partial charge in [0.25, 0.3) is 0 Å². The van der Waals surface area contributed by atoms with E-state index in [0.717, 1.165) is 0 Å². The molecule has 4 nitrogen and oxygen atoms in total. The lowest BCUT2D eigenvalue weighted by Crippen LogP contribution is -2.07. The van der Waals surface area contributed by atoms with Gasteiger partial charge in [0.2, 0.25) is 5.82 Å². The summed E-state index contributed by atoms with van der Waals surface area (Å²) in [5.41, 5.74) is 0.472. The number of aliphatic carboxylic acids is 1. The van der Waals surface area contributed by atoms with Crippen LogP contribution in [-0.4, -0.2) is 21.0 Å². The van der Waals surface area contributed by atoms with E-state index in [1.807, 2.05) is 0 Å². The zero-order chi connectivity index (χ0) is 12.6. The number of carbonyl (C=O) groups is 1. The first-order chi connectivity index (χ1) is 7.88. The van der Waals surface area contributed by atoms with Gasteiger partial charge >= 0.3 is 12.1 Å². The number of nitrogens with zero attached hydrogens (tertiary/aromatic N) is 1. The molecule has 0 radical (unpaired) electrons. The van der Waals surface area contributed by atoms with Crippen LogP contribution < -0.4 is 0 Å². The predicted molar refractivity (Wildman–Crippen MR) is 52.4 cm³/mol. The lowest BCUT2D eigenvalue weighted by atomic mass is 10.1. The van der Waals surface area contributed by atoms with Crippen molar-refractivity contribution >= 4 is 17.0 Å². The zero-order valence-electron chi connectivity index (χ0n) is 8.38. The number of carboxylic acid groups (broad SMARTS) is 1. The molecule has 0 spiro atoms. The number of para-hydroxylation sites is 1. The fourth-order valence-corrected chi connectivity index (χ4v) is 1.53. The van der Waals surface area contributed by atoms with Crippen LogP contribution in [0.25, 0.3) is 11.0 Å². The standard InChI is InChI=1S/C10H7F3N2O2/c11-10(12,13)9-14-6-3-1-2-5(4-7(16)17)8(6)15-9/h1-3H,4H2,(H,14,15)(H,16,17). The van der Waals surface area contributed by atoms with Crippen LogP contribution in [0.2, 0.25) is 0 Å². The van der Waals surface area contributed by atoms with Crippen LogP contribution in [0.4, 0.5) is 13.2 Å². The number of nitrogens with one attached hydrogen (secondary N) is 1. The van der Waals surface area contributed by atoms with Crippen LogP contribution in [0.5, 0.6) is 0 Å². The van der Waals surface area contributed by atoms with E-state index in [-0.39, 0.29) is 23.0 Å². The number of alkyl halides is 3. The molecule has 0 aliphatic heterocycles. The number of hydrogen-bond acceptors (Lipinski definition) is 2. The van der Waals surface area contributed by atoms with Crippen LogP contribution in [0, 0.1) is 0 Å². The summed E-state index contributed by atoms with van der Waals surface area (Å²) >= 11 is 0. The number of rotatable bonds is 2. The Balaban J connectivity index is 2.57. The van der Waals surface area contributed by atoms with E-state index in [1.54, 1.807) is 0 Å². The molecule has 90 valence electrons. The second-order valence-corrected chi connectivity index (χ2v) is 3.47. The number of halogens is 3. The Bertz CT molecular complexity index is 574. The molecule has 1 aromatic carbocycles. The number of aromatic amines is 1. The average Bonchev–Trinajstić information content (AvgIpc) is 2.60. The van der Waals surface area contributed by atoms with Gasteiger partial charge in [-0.3, -0.25) is 4.79 Å². The lowest BCUT2D eigenvalue weighted by molar-refractivity contribution is -0.144. The average molecular weight is 244 g/mol. The third-order valence-corrected chi connectivity index (χ3v) is 2.21. The predicted octanol–water partition coefficient (Wildman–Crippen LogP) is 2.21. The number of hydrogen-bond donors (Lipinski definition) is 2. The highest BCUT2D eigenvalue weighted by Gasteiger charge is 2.35. The van der Waals surface area contributed by atoms with Gasteiger partial charge in [0.15, 0.2) is 0 Å². The first kappa shape index (κ1) is 11.4. The molecule has 1 aromatic heterocycles. The van der Waals surface area contributed by atoms with E-state index >= 15 is 0 Å². The first-order valence-corrected chi connectivity index (χ1v) is 4.64. The van der Waals surface area contributed by atoms with Crippen LogP contribution in [-0.2, 0) is 17.4 Å². The molecule has 0 aliphatic rings. The van der Waals surface area contributed by atoms with Crippen LogP contribution in [0.3, 0.4) is 0 Å². The Kier molecular flexibility index (Phi) is 2.53. The maximum atomic E-state index is 12.4. The number of benzene rings is 1. The molecule has 2 rings (SSSR count). The maximum Gasteiger partial charge on any atom is 0.449 e. The summed E-state index contributed by atoms with van der Waals surface area (Å²) in [5, 5.41) is 8.63. The highest BCUT2D eigenvalue weighted by atomic mass is 19.4. The minimum Gasteiger partial charge on any atom is -0.481 e. The van der Waals surface area contributed by atoms with Crippen molar-refractivity contribution in [2.24, 2.45) is 0 Å². The van der Waals surface area contributed by atoms with Crippen LogP contribution >= 0.6 is 0 Å². The molecule has 0 saturated carbocycles. The Morgan fingerprint density at radius 2 is 2.12 bits per heavy atom. The topological polar surface area (TPSA) is 66.0 Å². The molecule has 7 heteroatoms. The Hall–Kier alpha value is -2.05. The van der Waals surface area contributed by atoms with Crippen LogP contribution in [0.15, 0.2) is 18.2 Å². The quantitative estimate of drug-likeness (QED) is 0.851. The first-order valence-electron chi connectivity index (χ1n) is 4.64. The SMILES string of the molecule is O=C(O)Cc1cccc2[nH]c(C(F)(F)F)nc12. The van der Waals surface area contributed by atoms with Crippen molar-refractivity contribution in [1.82, 2.24) is 9.97 Å². The largest absolute Gasteiger partial charge is 0.481 e. The fourth-order valence-electron chi connectivity index (χ4n) is 1.53. The van der Waals surface area contributed by atoms with E-state index < -0.39 is 18.0 Å². The third kappa shape index (κ3) is 2.22. The van der Waals surface area contributed by atoms with E-state index in [9.17, 15) is 18.0 Å². The molecule has 17 heavy (non-hydrogen) atoms. The summed E-state index contributed by atoms with van der Waals surface area (Å²) < 4.78 is 37.2. The number of H-pyrrole nitrogens is 1. The molecule has 0 aliphatic carbocycles. The number of carboxylic acids is 1. The highest BCUT2D eigenvalue weighted by molar-refractivity contribution is 5.83. The smallest absolute Gasteiger partial charge is 0.449 e. The second-order valence-electron chi connectivity index (χ2n) is 3.47. The summed E-state index contributed by atoms with van der Waals surface area (Å²) in [6, 6.07) is 4.35. The molecule has 0 unspecified atom stereocenters. The molecule has 2 N–H and O–H groups in total. The zero-order valence-corrected chi connectivity index (χ0v) is 8.38. The van der Waals surface area contributed by atoms with Gasteiger partial charge in [-0.15, -0.1) is 0 Å². The normalized spacial score (nSPS) is 11.9. The molecule has 0 saturated heterocycles. The van der Waals surface area contributed by atoms with E-state index in [1.165, 1.54) is 18.2 Å². The van der Waals surface area contributed by atoms with Gasteiger partial charge in [-0.25, -0.2) is 4.98 Å². The monoisotopic (exact) mass is 244 g/mol. The maximum absolute atomic E-state index is 12.4. The Morgan fingerprint density at radius 3 is 2.71 bits per heavy atom. The summed E-state index contributed by atoms with van der Waals surface area (Å²) in [6.45, 7) is 0. The Morgan fingerprint density at radius 1 is 1.41 bits per heavy atom. The van der Waals surface area contributed by atoms with Crippen molar-refractivity contribution in [3.8, 4) is 0 Å². The van der Waals surface area contributed by atoms with E-state index in [4.69, 9.17) is 5.11 Å². The molecule has 1 heterocycles. The number of imidazole rings is 1. The molecule has 0 amide bonds. The minimum atomic E-state index is -4.57. The van der Waals surface area contributed by atoms with Gasteiger partial charge < -0.3 is 10.1 Å². The van der Waals surface area contributed by atoms with Crippen molar-refractivity contribution in [3.63, 3.8) is 0 Å². The van der Waals surface area contributed by atoms with E-state index in [0.29, 0.717) is 0 Å². The summed E-state index contributed by atoms with van der Waals surface area (Å²) in [7, 11) is 0. The summed E-state index contributed by atoms with van der Waals surface area (Å²) in [6.07, 6.45) is -4.93. The molecule has 0 atom stereocenters. The third-order valence-electron chi connectivity index (χ3n) is 2.21. The fraction of sp³-hybridized carbons (Fsp3) is 0.200. The van der Waals surface area contributed by atoms with Gasteiger partial charge in [-0.05, 0) is 11.6 Å². The molecule has 2 aromatic rings.